The van der Waals surface area contributed by atoms with Crippen molar-refractivity contribution in [3.05, 3.63) is 41.6 Å². The number of carbonyl (C=O) groups is 1. The highest BCUT2D eigenvalue weighted by atomic mass is 16.5. The number of fused-ring (bicyclic) bond motifs is 1. The van der Waals surface area contributed by atoms with Crippen LogP contribution in [0.15, 0.2) is 36.0 Å². The van der Waals surface area contributed by atoms with Gasteiger partial charge in [-0.3, -0.25) is 0 Å². The molecule has 1 aliphatic rings. The van der Waals surface area contributed by atoms with Gasteiger partial charge in [-0.25, -0.2) is 4.79 Å². The van der Waals surface area contributed by atoms with E-state index in [0.29, 0.717) is 0 Å². The van der Waals surface area contributed by atoms with E-state index >= 15 is 0 Å². The third-order valence-electron chi connectivity index (χ3n) is 3.40. The molecule has 0 amide bonds. The van der Waals surface area contributed by atoms with Crippen molar-refractivity contribution in [3.8, 4) is 0 Å². The van der Waals surface area contributed by atoms with Crippen molar-refractivity contribution in [1.29, 1.82) is 0 Å². The molecule has 3 heteroatoms. The summed E-state index contributed by atoms with van der Waals surface area (Å²) in [7, 11) is 3.37. The second-order valence-corrected chi connectivity index (χ2v) is 4.75. The Morgan fingerprint density at radius 2 is 2.00 bits per heavy atom. The average molecular weight is 231 g/mol. The van der Waals surface area contributed by atoms with Crippen LogP contribution in [0.5, 0.6) is 0 Å². The lowest BCUT2D eigenvalue weighted by Crippen LogP contribution is -2.24. The van der Waals surface area contributed by atoms with Gasteiger partial charge < -0.3 is 9.64 Å². The summed E-state index contributed by atoms with van der Waals surface area (Å²) in [5, 5.41) is 0. The van der Waals surface area contributed by atoms with Crippen LogP contribution in [0.1, 0.15) is 19.4 Å². The molecule has 0 spiro atoms. The number of carbonyl (C=O) groups excluding carboxylic acids is 1. The van der Waals surface area contributed by atoms with Crippen LogP contribution in [0.2, 0.25) is 0 Å². The second kappa shape index (κ2) is 3.91. The molecule has 1 aromatic rings. The monoisotopic (exact) mass is 231 g/mol. The van der Waals surface area contributed by atoms with Gasteiger partial charge in [-0.05, 0) is 11.6 Å². The van der Waals surface area contributed by atoms with Gasteiger partial charge in [0.1, 0.15) is 0 Å². The highest BCUT2D eigenvalue weighted by molar-refractivity contribution is 5.86. The van der Waals surface area contributed by atoms with E-state index < -0.39 is 0 Å². The zero-order valence-electron chi connectivity index (χ0n) is 10.7. The molecule has 0 saturated carbocycles. The normalized spacial score (nSPS) is 19.3. The first-order valence-electron chi connectivity index (χ1n) is 5.62. The fourth-order valence-corrected chi connectivity index (χ4v) is 2.43. The predicted octanol–water partition coefficient (Wildman–Crippen LogP) is 2.47. The highest BCUT2D eigenvalue weighted by Gasteiger charge is 2.38. The Kier molecular flexibility index (Phi) is 2.69. The van der Waals surface area contributed by atoms with E-state index in [0.717, 1.165) is 11.4 Å². The first-order chi connectivity index (χ1) is 7.98. The quantitative estimate of drug-likeness (QED) is 0.549. The van der Waals surface area contributed by atoms with Crippen LogP contribution in [-0.4, -0.2) is 20.1 Å². The lowest BCUT2D eigenvalue weighted by molar-refractivity contribution is -0.134. The maximum atomic E-state index is 11.4. The molecule has 0 unspecified atom stereocenters. The number of para-hydroxylation sites is 1. The van der Waals surface area contributed by atoms with Gasteiger partial charge >= 0.3 is 5.97 Å². The number of allylic oxidation sites excluding steroid dienone is 1. The first kappa shape index (κ1) is 11.7. The van der Waals surface area contributed by atoms with E-state index in [1.807, 2.05) is 24.1 Å². The Morgan fingerprint density at radius 1 is 1.35 bits per heavy atom. The Morgan fingerprint density at radius 3 is 2.59 bits per heavy atom. The maximum absolute atomic E-state index is 11.4. The minimum Gasteiger partial charge on any atom is -0.466 e. The van der Waals surface area contributed by atoms with Gasteiger partial charge in [0.05, 0.1) is 7.11 Å². The number of anilines is 1. The van der Waals surface area contributed by atoms with Crippen molar-refractivity contribution in [1.82, 2.24) is 0 Å². The predicted molar refractivity (Wildman–Crippen MR) is 68.0 cm³/mol. The number of likely N-dealkylation sites (N-methyl/N-ethyl adjacent to an activating group) is 1. The molecule has 0 atom stereocenters. The van der Waals surface area contributed by atoms with Gasteiger partial charge in [-0.15, -0.1) is 0 Å². The number of nitrogens with zero attached hydrogens (tertiary/aromatic N) is 1. The van der Waals surface area contributed by atoms with E-state index in [9.17, 15) is 4.79 Å². The summed E-state index contributed by atoms with van der Waals surface area (Å²) >= 11 is 0. The molecule has 0 bridgehead atoms. The molecular formula is C14H17NO2. The third kappa shape index (κ3) is 1.71. The van der Waals surface area contributed by atoms with Crippen molar-refractivity contribution in [2.75, 3.05) is 19.1 Å². The Balaban J connectivity index is 2.54. The summed E-state index contributed by atoms with van der Waals surface area (Å²) in [5.74, 6) is -0.312. The lowest BCUT2D eigenvalue weighted by atomic mass is 9.84. The van der Waals surface area contributed by atoms with E-state index in [4.69, 9.17) is 4.74 Å². The second-order valence-electron chi connectivity index (χ2n) is 4.75. The molecule has 3 nitrogen and oxygen atoms in total. The smallest absolute Gasteiger partial charge is 0.332 e. The number of hydrogen-bond donors (Lipinski definition) is 0. The molecule has 0 aromatic heterocycles. The van der Waals surface area contributed by atoms with Crippen LogP contribution in [0, 0.1) is 0 Å². The van der Waals surface area contributed by atoms with Crippen LogP contribution in [0.25, 0.3) is 0 Å². The molecule has 2 rings (SSSR count). The van der Waals surface area contributed by atoms with Crippen LogP contribution in [0.3, 0.4) is 0 Å². The zero-order valence-corrected chi connectivity index (χ0v) is 10.7. The van der Waals surface area contributed by atoms with Gasteiger partial charge in [0.15, 0.2) is 0 Å². The lowest BCUT2D eigenvalue weighted by Gasteiger charge is -2.23. The van der Waals surface area contributed by atoms with Crippen molar-refractivity contribution < 1.29 is 9.53 Å². The Hall–Kier alpha value is -1.77. The fourth-order valence-electron chi connectivity index (χ4n) is 2.43. The molecule has 0 radical (unpaired) electrons. The van der Waals surface area contributed by atoms with Gasteiger partial charge in [0, 0.05) is 29.9 Å². The summed E-state index contributed by atoms with van der Waals surface area (Å²) in [6.07, 6.45) is 1.57. The standard InChI is InChI=1S/C14H17NO2/c1-14(2)10-7-5-6-8-11(10)15(3)12(14)9-13(16)17-4/h5-9H,1-4H3. The first-order valence-corrected chi connectivity index (χ1v) is 5.62. The van der Waals surface area contributed by atoms with Crippen molar-refractivity contribution in [2.45, 2.75) is 19.3 Å². The summed E-state index contributed by atoms with van der Waals surface area (Å²) < 4.78 is 4.71. The SMILES string of the molecule is COC(=O)C=C1N(C)c2ccccc2C1(C)C. The minimum absolute atomic E-state index is 0.167. The van der Waals surface area contributed by atoms with Crippen LogP contribution in [-0.2, 0) is 14.9 Å². The van der Waals surface area contributed by atoms with E-state index in [-0.39, 0.29) is 11.4 Å². The molecule has 0 fully saturated rings. The number of hydrogen-bond acceptors (Lipinski definition) is 3. The minimum atomic E-state index is -0.312. The number of rotatable bonds is 1. The molecule has 90 valence electrons. The van der Waals surface area contributed by atoms with E-state index in [2.05, 4.69) is 26.0 Å². The zero-order chi connectivity index (χ0) is 12.6. The van der Waals surface area contributed by atoms with Crippen LogP contribution < -0.4 is 4.90 Å². The molecule has 17 heavy (non-hydrogen) atoms. The average Bonchev–Trinajstić information content (AvgIpc) is 2.51. The molecule has 1 aromatic carbocycles. The molecule has 0 N–H and O–H groups in total. The van der Waals surface area contributed by atoms with Gasteiger partial charge in [-0.2, -0.15) is 0 Å². The van der Waals surface area contributed by atoms with Gasteiger partial charge in [-0.1, -0.05) is 32.0 Å². The molecule has 0 aliphatic carbocycles. The largest absolute Gasteiger partial charge is 0.466 e. The number of ether oxygens (including phenoxy) is 1. The Bertz CT molecular complexity index is 489. The summed E-state index contributed by atoms with van der Waals surface area (Å²) in [6, 6.07) is 8.20. The highest BCUT2D eigenvalue weighted by Crippen LogP contribution is 2.46. The fraction of sp³-hybridized carbons (Fsp3) is 0.357. The third-order valence-corrected chi connectivity index (χ3v) is 3.40. The van der Waals surface area contributed by atoms with Crippen molar-refractivity contribution in [2.24, 2.45) is 0 Å². The van der Waals surface area contributed by atoms with E-state index in [1.54, 1.807) is 6.08 Å². The number of esters is 1. The molecular weight excluding hydrogens is 214 g/mol. The maximum Gasteiger partial charge on any atom is 0.332 e. The van der Waals surface area contributed by atoms with Gasteiger partial charge in [0.2, 0.25) is 0 Å². The van der Waals surface area contributed by atoms with Crippen molar-refractivity contribution in [3.63, 3.8) is 0 Å². The number of benzene rings is 1. The summed E-state index contributed by atoms with van der Waals surface area (Å²) in [5.41, 5.74) is 3.18. The number of methoxy groups -OCH3 is 1. The van der Waals surface area contributed by atoms with E-state index in [1.165, 1.54) is 12.7 Å². The van der Waals surface area contributed by atoms with Crippen LogP contribution >= 0.6 is 0 Å². The summed E-state index contributed by atoms with van der Waals surface area (Å²) in [6.45, 7) is 4.23. The molecule has 1 aliphatic heterocycles. The van der Waals surface area contributed by atoms with Crippen molar-refractivity contribution >= 4 is 11.7 Å². The molecule has 1 heterocycles. The topological polar surface area (TPSA) is 29.5 Å². The summed E-state index contributed by atoms with van der Waals surface area (Å²) in [4.78, 5) is 13.5. The Labute approximate surface area is 102 Å². The van der Waals surface area contributed by atoms with Crippen LogP contribution in [0.4, 0.5) is 5.69 Å². The molecule has 0 saturated heterocycles. The van der Waals surface area contributed by atoms with Gasteiger partial charge in [0.25, 0.3) is 0 Å².